The standard InChI is InChI=1S/C11H18BrN3O/c1-4-5-15-9(8(12)6-14-15)10(16)11(2,3)7-13/h6H,4-5,7,13H2,1-3H3. The minimum absolute atomic E-state index is 0.0350. The maximum Gasteiger partial charge on any atom is 0.188 e. The third kappa shape index (κ3) is 2.52. The molecular formula is C11H18BrN3O. The number of Topliss-reactive ketones (excluding diaryl/α,β-unsaturated/α-hetero) is 1. The Morgan fingerprint density at radius 3 is 2.75 bits per heavy atom. The number of carbonyl (C=O) groups is 1. The largest absolute Gasteiger partial charge is 0.329 e. The summed E-state index contributed by atoms with van der Waals surface area (Å²) in [7, 11) is 0. The Hall–Kier alpha value is -0.680. The van der Waals surface area contributed by atoms with Gasteiger partial charge in [0.15, 0.2) is 5.78 Å². The SMILES string of the molecule is CCCn1ncc(Br)c1C(=O)C(C)(C)CN. The molecule has 0 unspecified atom stereocenters. The minimum Gasteiger partial charge on any atom is -0.329 e. The number of aryl methyl sites for hydroxylation is 1. The van der Waals surface area contributed by atoms with Crippen LogP contribution in [0.4, 0.5) is 0 Å². The van der Waals surface area contributed by atoms with Crippen LogP contribution in [-0.2, 0) is 6.54 Å². The van der Waals surface area contributed by atoms with Crippen molar-refractivity contribution in [3.63, 3.8) is 0 Å². The van der Waals surface area contributed by atoms with Gasteiger partial charge in [-0.2, -0.15) is 5.10 Å². The zero-order valence-electron chi connectivity index (χ0n) is 9.96. The maximum absolute atomic E-state index is 12.3. The van der Waals surface area contributed by atoms with Crippen LogP contribution in [0.1, 0.15) is 37.7 Å². The summed E-state index contributed by atoms with van der Waals surface area (Å²) >= 11 is 3.36. The molecule has 0 saturated heterocycles. The van der Waals surface area contributed by atoms with Crippen LogP contribution in [0.15, 0.2) is 10.7 Å². The average molecular weight is 288 g/mol. The molecule has 0 saturated carbocycles. The molecular weight excluding hydrogens is 270 g/mol. The highest BCUT2D eigenvalue weighted by molar-refractivity contribution is 9.10. The summed E-state index contributed by atoms with van der Waals surface area (Å²) in [4.78, 5) is 12.3. The zero-order chi connectivity index (χ0) is 12.3. The molecule has 0 bridgehead atoms. The van der Waals surface area contributed by atoms with Gasteiger partial charge in [-0.1, -0.05) is 20.8 Å². The van der Waals surface area contributed by atoms with Crippen molar-refractivity contribution in [1.82, 2.24) is 9.78 Å². The summed E-state index contributed by atoms with van der Waals surface area (Å²) in [5.74, 6) is 0.0350. The second-order valence-electron chi connectivity index (χ2n) is 4.48. The number of aromatic nitrogens is 2. The molecule has 0 aromatic carbocycles. The summed E-state index contributed by atoms with van der Waals surface area (Å²) < 4.78 is 2.48. The van der Waals surface area contributed by atoms with Crippen molar-refractivity contribution >= 4 is 21.7 Å². The molecule has 0 spiro atoms. The minimum atomic E-state index is -0.548. The van der Waals surface area contributed by atoms with Gasteiger partial charge in [0.1, 0.15) is 5.69 Å². The number of nitrogens with two attached hydrogens (primary N) is 1. The third-order valence-corrected chi connectivity index (χ3v) is 3.15. The lowest BCUT2D eigenvalue weighted by Gasteiger charge is -2.21. The number of carbonyl (C=O) groups excluding carboxylic acids is 1. The smallest absolute Gasteiger partial charge is 0.188 e. The molecule has 0 atom stereocenters. The van der Waals surface area contributed by atoms with Gasteiger partial charge in [0.25, 0.3) is 0 Å². The quantitative estimate of drug-likeness (QED) is 0.845. The Kier molecular flexibility index (Phi) is 4.27. The van der Waals surface area contributed by atoms with Gasteiger partial charge in [-0.25, -0.2) is 0 Å². The normalized spacial score (nSPS) is 11.8. The monoisotopic (exact) mass is 287 g/mol. The topological polar surface area (TPSA) is 60.9 Å². The van der Waals surface area contributed by atoms with E-state index in [9.17, 15) is 4.79 Å². The zero-order valence-corrected chi connectivity index (χ0v) is 11.5. The molecule has 0 aliphatic heterocycles. The number of hydrogen-bond donors (Lipinski definition) is 1. The summed E-state index contributed by atoms with van der Waals surface area (Å²) in [6.45, 7) is 6.83. The Morgan fingerprint density at radius 1 is 1.62 bits per heavy atom. The van der Waals surface area contributed by atoms with Gasteiger partial charge in [-0.3, -0.25) is 9.48 Å². The van der Waals surface area contributed by atoms with Gasteiger partial charge in [0.05, 0.1) is 10.7 Å². The molecule has 2 N–H and O–H groups in total. The summed E-state index contributed by atoms with van der Waals surface area (Å²) in [6.07, 6.45) is 2.60. The molecule has 0 aliphatic rings. The van der Waals surface area contributed by atoms with Crippen LogP contribution in [0.5, 0.6) is 0 Å². The summed E-state index contributed by atoms with van der Waals surface area (Å²) in [5, 5.41) is 4.18. The summed E-state index contributed by atoms with van der Waals surface area (Å²) in [5.41, 5.74) is 5.70. The number of rotatable bonds is 5. The van der Waals surface area contributed by atoms with Crippen molar-refractivity contribution in [2.75, 3.05) is 6.54 Å². The van der Waals surface area contributed by atoms with Crippen LogP contribution in [0, 0.1) is 5.41 Å². The number of ketones is 1. The molecule has 1 rings (SSSR count). The third-order valence-electron chi connectivity index (χ3n) is 2.57. The van der Waals surface area contributed by atoms with Crippen molar-refractivity contribution in [3.8, 4) is 0 Å². The molecule has 0 amide bonds. The first-order valence-corrected chi connectivity index (χ1v) is 6.19. The van der Waals surface area contributed by atoms with E-state index in [1.54, 1.807) is 10.9 Å². The van der Waals surface area contributed by atoms with Crippen LogP contribution in [-0.4, -0.2) is 22.1 Å². The van der Waals surface area contributed by atoms with Crippen molar-refractivity contribution in [3.05, 3.63) is 16.4 Å². The van der Waals surface area contributed by atoms with E-state index in [0.29, 0.717) is 12.2 Å². The van der Waals surface area contributed by atoms with Crippen LogP contribution >= 0.6 is 15.9 Å². The molecule has 0 aliphatic carbocycles. The molecule has 0 radical (unpaired) electrons. The lowest BCUT2D eigenvalue weighted by Crippen LogP contribution is -2.34. The number of halogens is 1. The Bertz CT molecular complexity index is 385. The van der Waals surface area contributed by atoms with E-state index in [0.717, 1.165) is 17.4 Å². The lowest BCUT2D eigenvalue weighted by atomic mass is 9.86. The van der Waals surface area contributed by atoms with Gasteiger partial charge in [0, 0.05) is 18.5 Å². The van der Waals surface area contributed by atoms with E-state index >= 15 is 0 Å². The predicted molar refractivity (Wildman–Crippen MR) is 67.4 cm³/mol. The second-order valence-corrected chi connectivity index (χ2v) is 5.34. The summed E-state index contributed by atoms with van der Waals surface area (Å²) in [6, 6.07) is 0. The molecule has 16 heavy (non-hydrogen) atoms. The van der Waals surface area contributed by atoms with Gasteiger partial charge in [0.2, 0.25) is 0 Å². The van der Waals surface area contributed by atoms with E-state index in [1.807, 2.05) is 13.8 Å². The predicted octanol–water partition coefficient (Wildman–Crippen LogP) is 2.22. The van der Waals surface area contributed by atoms with Gasteiger partial charge in [-0.05, 0) is 22.4 Å². The molecule has 0 fully saturated rings. The molecule has 90 valence electrons. The first-order valence-electron chi connectivity index (χ1n) is 5.40. The van der Waals surface area contributed by atoms with Gasteiger partial charge >= 0.3 is 0 Å². The van der Waals surface area contributed by atoms with Crippen LogP contribution in [0.2, 0.25) is 0 Å². The van der Waals surface area contributed by atoms with E-state index < -0.39 is 5.41 Å². The highest BCUT2D eigenvalue weighted by atomic mass is 79.9. The highest BCUT2D eigenvalue weighted by Crippen LogP contribution is 2.26. The van der Waals surface area contributed by atoms with Gasteiger partial charge in [-0.15, -0.1) is 0 Å². The molecule has 1 heterocycles. The number of hydrogen-bond acceptors (Lipinski definition) is 3. The first-order chi connectivity index (χ1) is 7.44. The van der Waals surface area contributed by atoms with E-state index in [1.165, 1.54) is 0 Å². The number of nitrogens with zero attached hydrogens (tertiary/aromatic N) is 2. The van der Waals surface area contributed by atoms with Crippen molar-refractivity contribution < 1.29 is 4.79 Å². The molecule has 4 nitrogen and oxygen atoms in total. The molecule has 5 heteroatoms. The fourth-order valence-corrected chi connectivity index (χ4v) is 1.86. The van der Waals surface area contributed by atoms with Crippen molar-refractivity contribution in [2.45, 2.75) is 33.7 Å². The first kappa shape index (κ1) is 13.4. The average Bonchev–Trinajstić information content (AvgIpc) is 2.59. The Labute approximate surface area is 104 Å². The molecule has 1 aromatic heterocycles. The van der Waals surface area contributed by atoms with Gasteiger partial charge < -0.3 is 5.73 Å². The second kappa shape index (κ2) is 5.10. The van der Waals surface area contributed by atoms with Crippen LogP contribution < -0.4 is 5.73 Å². The van der Waals surface area contributed by atoms with Crippen LogP contribution in [0.25, 0.3) is 0 Å². The highest BCUT2D eigenvalue weighted by Gasteiger charge is 2.31. The fraction of sp³-hybridized carbons (Fsp3) is 0.636. The Balaban J connectivity index is 3.12. The molecule has 1 aromatic rings. The van der Waals surface area contributed by atoms with E-state index in [2.05, 4.69) is 28.0 Å². The fourth-order valence-electron chi connectivity index (χ4n) is 1.38. The Morgan fingerprint density at radius 2 is 2.25 bits per heavy atom. The van der Waals surface area contributed by atoms with E-state index in [-0.39, 0.29) is 5.78 Å². The van der Waals surface area contributed by atoms with Crippen LogP contribution in [0.3, 0.4) is 0 Å². The maximum atomic E-state index is 12.3. The van der Waals surface area contributed by atoms with Crippen molar-refractivity contribution in [2.24, 2.45) is 11.1 Å². The lowest BCUT2D eigenvalue weighted by molar-refractivity contribution is 0.0834. The van der Waals surface area contributed by atoms with Crippen molar-refractivity contribution in [1.29, 1.82) is 0 Å². The van der Waals surface area contributed by atoms with E-state index in [4.69, 9.17) is 5.73 Å².